The van der Waals surface area contributed by atoms with E-state index in [9.17, 15) is 4.79 Å². The summed E-state index contributed by atoms with van der Waals surface area (Å²) in [5, 5.41) is 5.03. The second kappa shape index (κ2) is 11.4. The number of rotatable bonds is 9. The lowest BCUT2D eigenvalue weighted by molar-refractivity contribution is 0.0376. The van der Waals surface area contributed by atoms with Crippen LogP contribution in [0.3, 0.4) is 0 Å². The van der Waals surface area contributed by atoms with Crippen LogP contribution < -0.4 is 10.9 Å². The summed E-state index contributed by atoms with van der Waals surface area (Å²) in [6, 6.07) is 11.9. The van der Waals surface area contributed by atoms with Gasteiger partial charge in [-0.05, 0) is 72.9 Å². The molecule has 176 valence electrons. The summed E-state index contributed by atoms with van der Waals surface area (Å²) >= 11 is 5.72. The van der Waals surface area contributed by atoms with Crippen LogP contribution in [0.5, 0.6) is 0 Å². The van der Waals surface area contributed by atoms with E-state index in [0.29, 0.717) is 23.8 Å². The number of H-pyrrole nitrogens is 1. The highest BCUT2D eigenvalue weighted by Crippen LogP contribution is 2.16. The van der Waals surface area contributed by atoms with E-state index in [-0.39, 0.29) is 5.56 Å². The molecule has 8 heteroatoms. The monoisotopic (exact) mass is 468 g/mol. The smallest absolute Gasteiger partial charge is 0.253 e. The Labute approximate surface area is 199 Å². The molecule has 0 radical (unpaired) electrons. The van der Waals surface area contributed by atoms with Crippen LogP contribution in [0.1, 0.15) is 30.2 Å². The number of aryl methyl sites for hydroxylation is 1. The van der Waals surface area contributed by atoms with Gasteiger partial charge < -0.3 is 24.4 Å². The van der Waals surface area contributed by atoms with Crippen molar-refractivity contribution in [2.24, 2.45) is 0 Å². The molecule has 0 unspecified atom stereocenters. The number of hydrogen-bond donors (Lipinski definition) is 2. The van der Waals surface area contributed by atoms with E-state index >= 15 is 0 Å². The molecular weight excluding hydrogens is 436 g/mol. The molecule has 3 aromatic rings. The first kappa shape index (κ1) is 23.5. The van der Waals surface area contributed by atoms with Gasteiger partial charge in [0.2, 0.25) is 0 Å². The van der Waals surface area contributed by atoms with Crippen molar-refractivity contribution in [3.63, 3.8) is 0 Å². The fourth-order valence-electron chi connectivity index (χ4n) is 4.07. The van der Waals surface area contributed by atoms with E-state index in [1.807, 2.05) is 29.2 Å². The Balaban J connectivity index is 1.44. The topological polar surface area (TPSA) is 73.7 Å². The largest absolute Gasteiger partial charge is 0.467 e. The number of pyridine rings is 1. The molecule has 2 N–H and O–H groups in total. The summed E-state index contributed by atoms with van der Waals surface area (Å²) in [6.07, 6.45) is 3.60. The fourth-order valence-corrected chi connectivity index (χ4v) is 4.30. The van der Waals surface area contributed by atoms with Gasteiger partial charge in [-0.15, -0.1) is 0 Å². The first-order chi connectivity index (χ1) is 16.1. The average molecular weight is 469 g/mol. The number of nitrogens with zero attached hydrogens (tertiary/aromatic N) is 2. The van der Waals surface area contributed by atoms with Gasteiger partial charge in [-0.25, -0.2) is 0 Å². The zero-order valence-electron chi connectivity index (χ0n) is 19.1. The minimum Gasteiger partial charge on any atom is -0.467 e. The van der Waals surface area contributed by atoms with Crippen molar-refractivity contribution in [1.29, 1.82) is 0 Å². The molecule has 2 aromatic heterocycles. The third-order valence-corrected chi connectivity index (χ3v) is 6.40. The third-order valence-electron chi connectivity index (χ3n) is 6.00. The highest BCUT2D eigenvalue weighted by molar-refractivity contribution is 7.80. The number of furan rings is 1. The fraction of sp³-hybridized carbons (Fsp3) is 0.440. The molecule has 0 spiro atoms. The lowest BCUT2D eigenvalue weighted by atomic mass is 10.1. The molecule has 1 fully saturated rings. The van der Waals surface area contributed by atoms with Crippen molar-refractivity contribution in [3.05, 3.63) is 69.9 Å². The summed E-state index contributed by atoms with van der Waals surface area (Å²) < 4.78 is 11.0. The van der Waals surface area contributed by atoms with Crippen molar-refractivity contribution in [2.45, 2.75) is 32.9 Å². The van der Waals surface area contributed by atoms with Gasteiger partial charge in [-0.2, -0.15) is 0 Å². The Hall–Kier alpha value is -2.68. The number of ether oxygens (including phenoxy) is 1. The highest BCUT2D eigenvalue weighted by atomic mass is 32.1. The van der Waals surface area contributed by atoms with E-state index in [4.69, 9.17) is 21.4 Å². The molecule has 0 amide bonds. The van der Waals surface area contributed by atoms with E-state index < -0.39 is 0 Å². The van der Waals surface area contributed by atoms with Gasteiger partial charge in [0.15, 0.2) is 5.11 Å². The molecule has 0 atom stereocenters. The summed E-state index contributed by atoms with van der Waals surface area (Å²) in [5.74, 6) is 0.804. The number of nitrogens with one attached hydrogen (secondary N) is 2. The van der Waals surface area contributed by atoms with Gasteiger partial charge >= 0.3 is 0 Å². The number of aromatic amines is 1. The predicted molar refractivity (Wildman–Crippen MR) is 134 cm³/mol. The molecule has 4 rings (SSSR count). The second-order valence-electron chi connectivity index (χ2n) is 8.37. The van der Waals surface area contributed by atoms with Crippen LogP contribution in [-0.4, -0.2) is 59.3 Å². The maximum atomic E-state index is 12.8. The third kappa shape index (κ3) is 6.43. The van der Waals surface area contributed by atoms with Crippen molar-refractivity contribution in [2.75, 3.05) is 39.4 Å². The van der Waals surface area contributed by atoms with Crippen LogP contribution >= 0.6 is 12.2 Å². The summed E-state index contributed by atoms with van der Waals surface area (Å²) in [7, 11) is 0. The zero-order valence-corrected chi connectivity index (χ0v) is 20.0. The molecule has 0 aliphatic carbocycles. The maximum absolute atomic E-state index is 12.8. The van der Waals surface area contributed by atoms with Crippen LogP contribution in [-0.2, 0) is 24.2 Å². The van der Waals surface area contributed by atoms with E-state index in [1.54, 1.807) is 6.26 Å². The molecule has 7 nitrogen and oxygen atoms in total. The maximum Gasteiger partial charge on any atom is 0.253 e. The van der Waals surface area contributed by atoms with E-state index in [0.717, 1.165) is 68.9 Å². The number of benzene rings is 1. The number of hydrogen-bond acceptors (Lipinski definition) is 5. The molecule has 33 heavy (non-hydrogen) atoms. The quantitative estimate of drug-likeness (QED) is 0.369. The molecule has 0 saturated carbocycles. The molecule has 0 bridgehead atoms. The average Bonchev–Trinajstić information content (AvgIpc) is 3.35. The highest BCUT2D eigenvalue weighted by Gasteiger charge is 2.16. The summed E-state index contributed by atoms with van der Waals surface area (Å²) in [6.45, 7) is 8.40. The lowest BCUT2D eigenvalue weighted by Crippen LogP contribution is -2.42. The number of morpholine rings is 1. The van der Waals surface area contributed by atoms with Gasteiger partial charge in [-0.3, -0.25) is 9.69 Å². The van der Waals surface area contributed by atoms with Gasteiger partial charge in [0.25, 0.3) is 5.56 Å². The Morgan fingerprint density at radius 3 is 2.82 bits per heavy atom. The number of fused-ring (bicyclic) bond motifs is 1. The van der Waals surface area contributed by atoms with Crippen LogP contribution in [0, 0.1) is 0 Å². The minimum atomic E-state index is -0.0914. The number of aromatic nitrogens is 1. The van der Waals surface area contributed by atoms with Gasteiger partial charge in [-0.1, -0.05) is 13.0 Å². The first-order valence-electron chi connectivity index (χ1n) is 11.6. The van der Waals surface area contributed by atoms with Crippen molar-refractivity contribution in [3.8, 4) is 0 Å². The summed E-state index contributed by atoms with van der Waals surface area (Å²) in [4.78, 5) is 20.2. The van der Waals surface area contributed by atoms with Crippen molar-refractivity contribution < 1.29 is 9.15 Å². The molecule has 1 aliphatic heterocycles. The van der Waals surface area contributed by atoms with Crippen molar-refractivity contribution in [1.82, 2.24) is 20.1 Å². The first-order valence-corrected chi connectivity index (χ1v) is 12.0. The SMILES string of the molecule is CCc1ccc2[nH]c(=O)c(CN(Cc3ccco3)C(=S)NCCCN3CCOCC3)cc2c1. The molecule has 1 aromatic carbocycles. The van der Waals surface area contributed by atoms with Crippen molar-refractivity contribution >= 4 is 28.2 Å². The molecular formula is C25H32N4O3S. The Morgan fingerprint density at radius 1 is 1.21 bits per heavy atom. The predicted octanol–water partition coefficient (Wildman–Crippen LogP) is 3.28. The molecule has 3 heterocycles. The van der Waals surface area contributed by atoms with Gasteiger partial charge in [0.05, 0.1) is 32.6 Å². The van der Waals surface area contributed by atoms with Crippen LogP contribution in [0.15, 0.2) is 51.9 Å². The molecule has 1 saturated heterocycles. The Morgan fingerprint density at radius 2 is 2.06 bits per heavy atom. The van der Waals surface area contributed by atoms with E-state index in [2.05, 4.69) is 34.3 Å². The van der Waals surface area contributed by atoms with Crippen LogP contribution in [0.2, 0.25) is 0 Å². The van der Waals surface area contributed by atoms with E-state index in [1.165, 1.54) is 5.56 Å². The number of thiocarbonyl (C=S) groups is 1. The standard InChI is InChI=1S/C25H32N4O3S/c1-2-19-6-7-23-20(15-19)16-21(24(30)27-23)17-29(18-22-5-3-12-32-22)25(33)26-8-4-9-28-10-13-31-14-11-28/h3,5-7,12,15-16H,2,4,8-11,13-14,17-18H2,1H3,(H,26,33)(H,27,30). The van der Waals surface area contributed by atoms with Crippen LogP contribution in [0.25, 0.3) is 10.9 Å². The minimum absolute atomic E-state index is 0.0914. The molecule has 1 aliphatic rings. The van der Waals surface area contributed by atoms with Gasteiger partial charge in [0.1, 0.15) is 5.76 Å². The lowest BCUT2D eigenvalue weighted by Gasteiger charge is -2.27. The van der Waals surface area contributed by atoms with Gasteiger partial charge in [0, 0.05) is 30.7 Å². The summed E-state index contributed by atoms with van der Waals surface area (Å²) in [5.41, 5.74) is 2.68. The normalized spacial score (nSPS) is 14.5. The Bertz CT molecular complexity index is 1110. The second-order valence-corrected chi connectivity index (χ2v) is 8.76. The Kier molecular flexibility index (Phi) is 8.15. The van der Waals surface area contributed by atoms with Crippen LogP contribution in [0.4, 0.5) is 0 Å². The zero-order chi connectivity index (χ0) is 23.0.